The highest BCUT2D eigenvalue weighted by molar-refractivity contribution is 5.97. The van der Waals surface area contributed by atoms with Crippen molar-refractivity contribution in [2.75, 3.05) is 26.2 Å². The minimum absolute atomic E-state index is 0.0300. The number of hydrogen-bond donors (Lipinski definition) is 1. The number of nitrogens with one attached hydrogen (secondary N) is 1. The van der Waals surface area contributed by atoms with E-state index in [1.54, 1.807) is 0 Å². The van der Waals surface area contributed by atoms with Crippen molar-refractivity contribution in [1.29, 1.82) is 0 Å². The van der Waals surface area contributed by atoms with Crippen LogP contribution in [0.25, 0.3) is 6.08 Å². The fraction of sp³-hybridized carbons (Fsp3) is 0.543. The average molecular weight is 560 g/mol. The highest BCUT2D eigenvalue weighted by Gasteiger charge is 2.41. The van der Waals surface area contributed by atoms with Gasteiger partial charge < -0.3 is 19.9 Å². The van der Waals surface area contributed by atoms with Crippen molar-refractivity contribution in [2.24, 2.45) is 0 Å². The predicted octanol–water partition coefficient (Wildman–Crippen LogP) is 6.73. The Kier molecular flexibility index (Phi) is 11.9. The summed E-state index contributed by atoms with van der Waals surface area (Å²) in [5.74, 6) is 0.286. The number of fused-ring (bicyclic) bond motifs is 1. The molecule has 1 aliphatic heterocycles. The molecule has 0 bridgehead atoms. The Labute approximate surface area is 247 Å². The standard InChI is InChI=1S/C35H49N3O3/c1-4-6-21-37(22-7-5-2)23-11-20-36-34(39)30-18-16-28(17-19-30)25-33-35(40)38(26-29-13-10-12-27(3)24-29)31-14-8-9-15-32(31)41-33/h10,12-13,16-19,24-25,31-32H,4-9,11,14-15,20-23,26H2,1-3H3,(H,36,39)/b33-25+. The maximum atomic E-state index is 13.6. The summed E-state index contributed by atoms with van der Waals surface area (Å²) >= 11 is 0. The number of carbonyl (C=O) groups is 2. The lowest BCUT2D eigenvalue weighted by Gasteiger charge is -2.44. The summed E-state index contributed by atoms with van der Waals surface area (Å²) in [6, 6.07) is 16.0. The van der Waals surface area contributed by atoms with Gasteiger partial charge in [-0.3, -0.25) is 9.59 Å². The molecule has 1 N–H and O–H groups in total. The molecule has 222 valence electrons. The van der Waals surface area contributed by atoms with Crippen molar-refractivity contribution in [2.45, 2.75) is 97.2 Å². The minimum Gasteiger partial charge on any atom is -0.482 e. The monoisotopic (exact) mass is 559 g/mol. The van der Waals surface area contributed by atoms with E-state index in [1.807, 2.05) is 35.2 Å². The molecule has 41 heavy (non-hydrogen) atoms. The van der Waals surface area contributed by atoms with E-state index in [0.29, 0.717) is 24.4 Å². The first kappa shape index (κ1) is 30.8. The third-order valence-corrected chi connectivity index (χ3v) is 8.32. The second kappa shape index (κ2) is 15.8. The molecule has 2 unspecified atom stereocenters. The Hall–Kier alpha value is -3.12. The van der Waals surface area contributed by atoms with Crippen LogP contribution < -0.4 is 5.32 Å². The number of nitrogens with zero attached hydrogens (tertiary/aromatic N) is 2. The lowest BCUT2D eigenvalue weighted by atomic mass is 9.89. The zero-order valence-corrected chi connectivity index (χ0v) is 25.4. The molecule has 4 rings (SSSR count). The minimum atomic E-state index is -0.0581. The van der Waals surface area contributed by atoms with E-state index in [0.717, 1.165) is 62.9 Å². The van der Waals surface area contributed by atoms with Gasteiger partial charge in [-0.1, -0.05) is 75.1 Å². The summed E-state index contributed by atoms with van der Waals surface area (Å²) in [6.45, 7) is 11.1. The van der Waals surface area contributed by atoms with Crippen molar-refractivity contribution in [3.05, 3.63) is 76.5 Å². The number of carbonyl (C=O) groups excluding carboxylic acids is 2. The van der Waals surface area contributed by atoms with E-state index >= 15 is 0 Å². The number of amides is 2. The number of hydrogen-bond acceptors (Lipinski definition) is 4. The number of benzene rings is 2. The van der Waals surface area contributed by atoms with Crippen LogP contribution in [0.3, 0.4) is 0 Å². The van der Waals surface area contributed by atoms with Crippen molar-refractivity contribution >= 4 is 17.9 Å². The van der Waals surface area contributed by atoms with E-state index in [1.165, 1.54) is 31.2 Å². The Morgan fingerprint density at radius 3 is 2.41 bits per heavy atom. The molecule has 1 saturated carbocycles. The third-order valence-electron chi connectivity index (χ3n) is 8.32. The molecule has 2 aliphatic rings. The van der Waals surface area contributed by atoms with E-state index < -0.39 is 0 Å². The van der Waals surface area contributed by atoms with Crippen LogP contribution in [0.4, 0.5) is 0 Å². The lowest BCUT2D eigenvalue weighted by molar-refractivity contribution is -0.149. The van der Waals surface area contributed by atoms with Gasteiger partial charge in [0.2, 0.25) is 0 Å². The Morgan fingerprint density at radius 1 is 1.00 bits per heavy atom. The quantitative estimate of drug-likeness (QED) is 0.206. The number of unbranched alkanes of at least 4 members (excludes halogenated alkanes) is 2. The zero-order valence-electron chi connectivity index (χ0n) is 25.4. The molecule has 2 amide bonds. The smallest absolute Gasteiger partial charge is 0.289 e. The molecule has 6 nitrogen and oxygen atoms in total. The summed E-state index contributed by atoms with van der Waals surface area (Å²) in [5.41, 5.74) is 3.83. The highest BCUT2D eigenvalue weighted by atomic mass is 16.5. The summed E-state index contributed by atoms with van der Waals surface area (Å²) < 4.78 is 6.30. The van der Waals surface area contributed by atoms with Gasteiger partial charge in [0, 0.05) is 18.7 Å². The molecular formula is C35H49N3O3. The van der Waals surface area contributed by atoms with Crippen LogP contribution in [0, 0.1) is 6.92 Å². The maximum Gasteiger partial charge on any atom is 0.289 e. The van der Waals surface area contributed by atoms with Gasteiger partial charge in [0.15, 0.2) is 5.76 Å². The highest BCUT2D eigenvalue weighted by Crippen LogP contribution is 2.34. The SMILES string of the molecule is CCCCN(CCCC)CCCNC(=O)c1ccc(/C=C2/OC3CCCCC3N(Cc3cccc(C)c3)C2=O)cc1. The van der Waals surface area contributed by atoms with Gasteiger partial charge in [-0.25, -0.2) is 0 Å². The second-order valence-corrected chi connectivity index (χ2v) is 11.7. The molecular weight excluding hydrogens is 510 g/mol. The average Bonchev–Trinajstić information content (AvgIpc) is 2.98. The first-order chi connectivity index (χ1) is 20.0. The van der Waals surface area contributed by atoms with Crippen molar-refractivity contribution in [3.63, 3.8) is 0 Å². The molecule has 1 aliphatic carbocycles. The first-order valence-corrected chi connectivity index (χ1v) is 15.8. The van der Waals surface area contributed by atoms with Crippen LogP contribution in [-0.2, 0) is 16.1 Å². The van der Waals surface area contributed by atoms with E-state index in [9.17, 15) is 9.59 Å². The molecule has 0 spiro atoms. The molecule has 0 radical (unpaired) electrons. The van der Waals surface area contributed by atoms with Gasteiger partial charge >= 0.3 is 0 Å². The van der Waals surface area contributed by atoms with Crippen LogP contribution in [0.2, 0.25) is 0 Å². The lowest BCUT2D eigenvalue weighted by Crippen LogP contribution is -2.54. The Bertz CT molecular complexity index is 1150. The molecule has 1 heterocycles. The van der Waals surface area contributed by atoms with Crippen molar-refractivity contribution < 1.29 is 14.3 Å². The topological polar surface area (TPSA) is 61.9 Å². The Morgan fingerprint density at radius 2 is 1.71 bits per heavy atom. The maximum absolute atomic E-state index is 13.6. The van der Waals surface area contributed by atoms with Crippen molar-refractivity contribution in [3.8, 4) is 0 Å². The van der Waals surface area contributed by atoms with E-state index in [2.05, 4.69) is 55.3 Å². The van der Waals surface area contributed by atoms with E-state index in [4.69, 9.17) is 4.74 Å². The second-order valence-electron chi connectivity index (χ2n) is 11.7. The first-order valence-electron chi connectivity index (χ1n) is 15.8. The van der Waals surface area contributed by atoms with Crippen LogP contribution in [0.15, 0.2) is 54.3 Å². The third kappa shape index (κ3) is 8.93. The van der Waals surface area contributed by atoms with Crippen LogP contribution in [0.5, 0.6) is 0 Å². The number of ether oxygens (including phenoxy) is 1. The Balaban J connectivity index is 1.35. The van der Waals surface area contributed by atoms with Gasteiger partial charge in [-0.15, -0.1) is 0 Å². The van der Waals surface area contributed by atoms with Crippen LogP contribution in [-0.4, -0.2) is 59.9 Å². The molecule has 2 aromatic carbocycles. The van der Waals surface area contributed by atoms with E-state index in [-0.39, 0.29) is 24.0 Å². The molecule has 2 atom stereocenters. The van der Waals surface area contributed by atoms with Gasteiger partial charge in [0.05, 0.1) is 6.04 Å². The molecule has 0 aromatic heterocycles. The number of morpholine rings is 1. The van der Waals surface area contributed by atoms with Gasteiger partial charge in [-0.2, -0.15) is 0 Å². The van der Waals surface area contributed by atoms with Crippen LogP contribution >= 0.6 is 0 Å². The fourth-order valence-corrected chi connectivity index (χ4v) is 5.96. The van der Waals surface area contributed by atoms with Gasteiger partial charge in [0.25, 0.3) is 11.8 Å². The summed E-state index contributed by atoms with van der Waals surface area (Å²) in [5, 5.41) is 3.07. The zero-order chi connectivity index (χ0) is 29.0. The normalized spacial score (nSPS) is 19.8. The van der Waals surface area contributed by atoms with Gasteiger partial charge in [-0.05, 0) is 94.4 Å². The largest absolute Gasteiger partial charge is 0.482 e. The number of rotatable bonds is 14. The fourth-order valence-electron chi connectivity index (χ4n) is 5.96. The summed E-state index contributed by atoms with van der Waals surface area (Å²) in [6.07, 6.45) is 11.9. The predicted molar refractivity (Wildman–Crippen MR) is 166 cm³/mol. The molecule has 1 saturated heterocycles. The molecule has 6 heteroatoms. The summed E-state index contributed by atoms with van der Waals surface area (Å²) in [4.78, 5) is 30.9. The van der Waals surface area contributed by atoms with Crippen molar-refractivity contribution in [1.82, 2.24) is 15.1 Å². The number of aryl methyl sites for hydroxylation is 1. The van der Waals surface area contributed by atoms with Gasteiger partial charge in [0.1, 0.15) is 6.10 Å². The summed E-state index contributed by atoms with van der Waals surface area (Å²) in [7, 11) is 0. The molecule has 2 aromatic rings. The molecule has 2 fully saturated rings. The van der Waals surface area contributed by atoms with Crippen LogP contribution in [0.1, 0.15) is 98.7 Å².